The third-order valence-electron chi connectivity index (χ3n) is 3.42. The van der Waals surface area contributed by atoms with Crippen molar-refractivity contribution < 1.29 is 32.5 Å². The van der Waals surface area contributed by atoms with Crippen molar-refractivity contribution in [2.24, 2.45) is 0 Å². The molecule has 1 atom stereocenters. The van der Waals surface area contributed by atoms with E-state index in [1.807, 2.05) is 0 Å². The van der Waals surface area contributed by atoms with Crippen molar-refractivity contribution in [3.05, 3.63) is 58.6 Å². The summed E-state index contributed by atoms with van der Waals surface area (Å²) in [7, 11) is 0. The Balaban J connectivity index is 1.93. The summed E-state index contributed by atoms with van der Waals surface area (Å²) in [6, 6.07) is 10.6. The number of rotatable bonds is 3. The van der Waals surface area contributed by atoms with Crippen molar-refractivity contribution in [2.45, 2.75) is 12.3 Å². The summed E-state index contributed by atoms with van der Waals surface area (Å²) in [6.07, 6.45) is -6.44. The molecule has 2 aromatic carbocycles. The van der Waals surface area contributed by atoms with E-state index < -0.39 is 23.8 Å². The van der Waals surface area contributed by atoms with Gasteiger partial charge in [-0.1, -0.05) is 11.6 Å². The highest BCUT2D eigenvalue weighted by Crippen LogP contribution is 2.39. The first-order valence-electron chi connectivity index (χ1n) is 7.00. The zero-order valence-electron chi connectivity index (χ0n) is 12.4. The van der Waals surface area contributed by atoms with Crippen molar-refractivity contribution in [3.8, 4) is 17.2 Å². The van der Waals surface area contributed by atoms with Crippen LogP contribution in [0.2, 0.25) is 5.02 Å². The minimum atomic E-state index is -4.85. The molecule has 0 aromatic heterocycles. The van der Waals surface area contributed by atoms with E-state index in [2.05, 4.69) is 0 Å². The number of benzene rings is 2. The van der Waals surface area contributed by atoms with E-state index in [-0.39, 0.29) is 17.1 Å². The Morgan fingerprint density at radius 3 is 2.36 bits per heavy atom. The first-order valence-corrected chi connectivity index (χ1v) is 7.37. The Bertz CT molecular complexity index is 844. The lowest BCUT2D eigenvalue weighted by Crippen LogP contribution is -2.40. The lowest BCUT2D eigenvalue weighted by atomic mass is 10.0. The number of hydrogen-bond acceptors (Lipinski definition) is 3. The van der Waals surface area contributed by atoms with Crippen LogP contribution in [0.3, 0.4) is 0 Å². The van der Waals surface area contributed by atoms with Crippen molar-refractivity contribution in [2.75, 3.05) is 0 Å². The number of carbonyl (C=O) groups is 1. The smallest absolute Gasteiger partial charge is 0.430 e. The monoisotopic (exact) mass is 370 g/mol. The van der Waals surface area contributed by atoms with Gasteiger partial charge in [0.05, 0.1) is 5.57 Å². The number of fused-ring (bicyclic) bond motifs is 1. The van der Waals surface area contributed by atoms with E-state index in [9.17, 15) is 18.0 Å². The van der Waals surface area contributed by atoms with Gasteiger partial charge in [0.2, 0.25) is 6.10 Å². The normalized spacial score (nSPS) is 16.5. The quantitative estimate of drug-likeness (QED) is 0.833. The van der Waals surface area contributed by atoms with Gasteiger partial charge in [0.1, 0.15) is 17.2 Å². The van der Waals surface area contributed by atoms with Gasteiger partial charge in [-0.25, -0.2) is 4.79 Å². The van der Waals surface area contributed by atoms with E-state index in [0.717, 1.165) is 6.08 Å². The number of carboxylic acids is 1. The number of carboxylic acid groups (broad SMARTS) is 1. The summed E-state index contributed by atoms with van der Waals surface area (Å²) in [6.45, 7) is 0. The summed E-state index contributed by atoms with van der Waals surface area (Å²) >= 11 is 5.77. The summed E-state index contributed by atoms with van der Waals surface area (Å²) in [5.41, 5.74) is -0.646. The van der Waals surface area contributed by atoms with Gasteiger partial charge >= 0.3 is 12.1 Å². The Labute approximate surface area is 145 Å². The fourth-order valence-corrected chi connectivity index (χ4v) is 2.41. The van der Waals surface area contributed by atoms with Crippen molar-refractivity contribution >= 4 is 23.6 Å². The Hall–Kier alpha value is -2.67. The lowest BCUT2D eigenvalue weighted by molar-refractivity contribution is -0.187. The minimum Gasteiger partial charge on any atom is -0.478 e. The number of hydrogen-bond donors (Lipinski definition) is 1. The summed E-state index contributed by atoms with van der Waals surface area (Å²) in [4.78, 5) is 11.1. The van der Waals surface area contributed by atoms with Crippen LogP contribution in [0.4, 0.5) is 13.2 Å². The predicted octanol–water partition coefficient (Wildman–Crippen LogP) is 4.92. The zero-order valence-corrected chi connectivity index (χ0v) is 13.1. The molecular weight excluding hydrogens is 361 g/mol. The zero-order chi connectivity index (χ0) is 18.2. The Morgan fingerprint density at radius 2 is 1.76 bits per heavy atom. The third kappa shape index (κ3) is 3.71. The molecule has 25 heavy (non-hydrogen) atoms. The van der Waals surface area contributed by atoms with Gasteiger partial charge in [0, 0.05) is 16.7 Å². The maximum Gasteiger partial charge on any atom is 0.430 e. The van der Waals surface area contributed by atoms with Crippen molar-refractivity contribution in [1.29, 1.82) is 0 Å². The highest BCUT2D eigenvalue weighted by atomic mass is 35.5. The highest BCUT2D eigenvalue weighted by Gasteiger charge is 2.48. The number of halogens is 4. The number of ether oxygens (including phenoxy) is 2. The first-order chi connectivity index (χ1) is 11.7. The summed E-state index contributed by atoms with van der Waals surface area (Å²) < 4.78 is 49.6. The van der Waals surface area contributed by atoms with Crippen LogP contribution in [-0.4, -0.2) is 23.4 Å². The molecule has 130 valence electrons. The average molecular weight is 371 g/mol. The summed E-state index contributed by atoms with van der Waals surface area (Å²) in [5.74, 6) is -1.11. The molecule has 4 nitrogen and oxygen atoms in total. The molecule has 0 saturated heterocycles. The molecule has 0 fully saturated rings. The molecule has 0 aliphatic carbocycles. The highest BCUT2D eigenvalue weighted by molar-refractivity contribution is 6.30. The molecular formula is C17H10ClF3O4. The maximum absolute atomic E-state index is 13.1. The van der Waals surface area contributed by atoms with Gasteiger partial charge in [-0.3, -0.25) is 0 Å². The molecule has 0 saturated carbocycles. The van der Waals surface area contributed by atoms with Crippen LogP contribution in [0.15, 0.2) is 48.0 Å². The SMILES string of the molecule is O=C(O)C1=Cc2ccc(Oc3ccc(Cl)cc3)cc2OC1C(F)(F)F. The fraction of sp³-hybridized carbons (Fsp3) is 0.118. The molecule has 0 bridgehead atoms. The first kappa shape index (κ1) is 17.2. The Morgan fingerprint density at radius 1 is 1.12 bits per heavy atom. The molecule has 1 N–H and O–H groups in total. The standard InChI is InChI=1S/C17H10ClF3O4/c18-10-2-5-11(6-3-10)24-12-4-1-9-7-13(16(22)23)15(17(19,20)21)25-14(9)8-12/h1-8,15H,(H,22,23). The molecule has 2 aromatic rings. The predicted molar refractivity (Wildman–Crippen MR) is 84.1 cm³/mol. The minimum absolute atomic E-state index is 0.112. The summed E-state index contributed by atoms with van der Waals surface area (Å²) in [5, 5.41) is 9.50. The van der Waals surface area contributed by atoms with Crippen LogP contribution >= 0.6 is 11.6 Å². The van der Waals surface area contributed by atoms with Gasteiger partial charge in [-0.15, -0.1) is 0 Å². The van der Waals surface area contributed by atoms with Crippen LogP contribution in [0.25, 0.3) is 6.08 Å². The van der Waals surface area contributed by atoms with E-state index in [4.69, 9.17) is 26.2 Å². The third-order valence-corrected chi connectivity index (χ3v) is 3.67. The molecule has 1 heterocycles. The molecule has 0 amide bonds. The second kappa shape index (κ2) is 6.33. The van der Waals surface area contributed by atoms with Crippen molar-refractivity contribution in [1.82, 2.24) is 0 Å². The molecule has 8 heteroatoms. The van der Waals surface area contributed by atoms with E-state index in [1.165, 1.54) is 18.2 Å². The van der Waals surface area contributed by atoms with Crippen LogP contribution in [0, 0.1) is 0 Å². The van der Waals surface area contributed by atoms with Gasteiger partial charge < -0.3 is 14.6 Å². The van der Waals surface area contributed by atoms with E-state index in [1.54, 1.807) is 24.3 Å². The maximum atomic E-state index is 13.1. The van der Waals surface area contributed by atoms with Crippen LogP contribution in [0.1, 0.15) is 5.56 Å². The van der Waals surface area contributed by atoms with Crippen LogP contribution in [0.5, 0.6) is 17.2 Å². The van der Waals surface area contributed by atoms with Gasteiger partial charge in [-0.05, 0) is 42.5 Å². The van der Waals surface area contributed by atoms with Crippen molar-refractivity contribution in [3.63, 3.8) is 0 Å². The van der Waals surface area contributed by atoms with Gasteiger partial charge in [-0.2, -0.15) is 13.2 Å². The molecule has 1 unspecified atom stereocenters. The second-order valence-electron chi connectivity index (χ2n) is 5.20. The lowest BCUT2D eigenvalue weighted by Gasteiger charge is -2.27. The molecule has 0 spiro atoms. The topological polar surface area (TPSA) is 55.8 Å². The molecule has 1 aliphatic heterocycles. The largest absolute Gasteiger partial charge is 0.478 e. The second-order valence-corrected chi connectivity index (χ2v) is 5.64. The van der Waals surface area contributed by atoms with Crippen LogP contribution in [-0.2, 0) is 4.79 Å². The van der Waals surface area contributed by atoms with Gasteiger partial charge in [0.25, 0.3) is 0 Å². The number of alkyl halides is 3. The molecule has 3 rings (SSSR count). The fourth-order valence-electron chi connectivity index (χ4n) is 2.29. The van der Waals surface area contributed by atoms with E-state index in [0.29, 0.717) is 10.8 Å². The molecule has 0 radical (unpaired) electrons. The molecule has 1 aliphatic rings. The Kier molecular flexibility index (Phi) is 4.34. The number of aliphatic carboxylic acids is 1. The average Bonchev–Trinajstić information content (AvgIpc) is 2.55. The van der Waals surface area contributed by atoms with Gasteiger partial charge in [0.15, 0.2) is 0 Å². The van der Waals surface area contributed by atoms with Crippen LogP contribution < -0.4 is 9.47 Å². The van der Waals surface area contributed by atoms with E-state index >= 15 is 0 Å².